The van der Waals surface area contributed by atoms with Crippen molar-refractivity contribution >= 4 is 41.2 Å². The second-order valence-corrected chi connectivity index (χ2v) is 6.95. The minimum atomic E-state index is -0.708. The predicted molar refractivity (Wildman–Crippen MR) is 117 cm³/mol. The lowest BCUT2D eigenvalue weighted by Gasteiger charge is -2.07. The fourth-order valence-corrected chi connectivity index (χ4v) is 3.09. The van der Waals surface area contributed by atoms with Gasteiger partial charge in [0, 0.05) is 17.7 Å². The van der Waals surface area contributed by atoms with Crippen molar-refractivity contribution in [2.24, 2.45) is 4.99 Å². The third-order valence-corrected chi connectivity index (χ3v) is 4.78. The van der Waals surface area contributed by atoms with E-state index < -0.39 is 16.9 Å². The van der Waals surface area contributed by atoms with E-state index in [0.29, 0.717) is 16.1 Å². The number of rotatable bonds is 5. The quantitative estimate of drug-likeness (QED) is 0.182. The zero-order valence-electron chi connectivity index (χ0n) is 16.2. The molecule has 3 aromatic rings. The van der Waals surface area contributed by atoms with Crippen LogP contribution >= 0.6 is 11.6 Å². The van der Waals surface area contributed by atoms with Gasteiger partial charge in [0.15, 0.2) is 5.70 Å². The molecule has 0 N–H and O–H groups in total. The summed E-state index contributed by atoms with van der Waals surface area (Å²) in [7, 11) is 0. The molecule has 0 unspecified atom stereocenters. The Bertz CT molecular complexity index is 1300. The van der Waals surface area contributed by atoms with E-state index in [4.69, 9.17) is 21.1 Å². The lowest BCUT2D eigenvalue weighted by molar-refractivity contribution is -0.384. The Morgan fingerprint density at radius 2 is 1.72 bits per heavy atom. The van der Waals surface area contributed by atoms with Crippen molar-refractivity contribution in [3.63, 3.8) is 0 Å². The molecule has 0 aliphatic carbocycles. The van der Waals surface area contributed by atoms with E-state index in [1.807, 2.05) is 0 Å². The number of hydrogen-bond donors (Lipinski definition) is 0. The Kier molecular flexibility index (Phi) is 5.78. The summed E-state index contributed by atoms with van der Waals surface area (Å²) >= 11 is 6.14. The number of non-ortho nitro benzene ring substituents is 1. The maximum atomic E-state index is 12.5. The van der Waals surface area contributed by atoms with Gasteiger partial charge in [0.2, 0.25) is 5.90 Å². The van der Waals surface area contributed by atoms with Gasteiger partial charge in [-0.1, -0.05) is 41.9 Å². The normalized spacial score (nSPS) is 14.1. The highest BCUT2D eigenvalue weighted by atomic mass is 35.5. The van der Waals surface area contributed by atoms with Crippen LogP contribution in [0.5, 0.6) is 5.75 Å². The molecule has 9 heteroatoms. The molecule has 32 heavy (non-hydrogen) atoms. The summed E-state index contributed by atoms with van der Waals surface area (Å²) in [5.74, 6) is -1.12. The number of halogens is 1. The summed E-state index contributed by atoms with van der Waals surface area (Å²) in [6.45, 7) is 0. The van der Waals surface area contributed by atoms with Crippen molar-refractivity contribution in [2.45, 2.75) is 0 Å². The molecule has 4 rings (SSSR count). The van der Waals surface area contributed by atoms with Gasteiger partial charge in [-0.05, 0) is 36.4 Å². The zero-order valence-corrected chi connectivity index (χ0v) is 17.0. The minimum absolute atomic E-state index is 0.0127. The van der Waals surface area contributed by atoms with Crippen LogP contribution < -0.4 is 4.74 Å². The molecule has 0 spiro atoms. The number of para-hydroxylation sites is 1. The van der Waals surface area contributed by atoms with Crippen LogP contribution in [0.25, 0.3) is 6.08 Å². The second kappa shape index (κ2) is 8.83. The number of ether oxygens (including phenoxy) is 2. The molecular formula is C23H13ClN2O6. The number of benzene rings is 3. The van der Waals surface area contributed by atoms with Gasteiger partial charge in [-0.3, -0.25) is 10.1 Å². The molecule has 0 atom stereocenters. The molecule has 8 nitrogen and oxygen atoms in total. The van der Waals surface area contributed by atoms with Crippen LogP contribution in [0.15, 0.2) is 83.5 Å². The number of nitro groups is 1. The van der Waals surface area contributed by atoms with E-state index in [1.165, 1.54) is 30.3 Å². The molecule has 1 heterocycles. The molecule has 1 aliphatic rings. The van der Waals surface area contributed by atoms with Crippen molar-refractivity contribution in [2.75, 3.05) is 0 Å². The summed E-state index contributed by atoms with van der Waals surface area (Å²) in [6.07, 6.45) is 1.44. The van der Waals surface area contributed by atoms with Gasteiger partial charge >= 0.3 is 11.9 Å². The Morgan fingerprint density at radius 3 is 2.44 bits per heavy atom. The molecule has 0 amide bonds. The molecule has 0 saturated heterocycles. The van der Waals surface area contributed by atoms with Crippen molar-refractivity contribution in [3.05, 3.63) is 110 Å². The van der Waals surface area contributed by atoms with Crippen LogP contribution in [0.1, 0.15) is 21.5 Å². The van der Waals surface area contributed by atoms with E-state index in [0.717, 1.165) is 0 Å². The molecule has 0 saturated carbocycles. The maximum Gasteiger partial charge on any atom is 0.363 e. The monoisotopic (exact) mass is 448 g/mol. The number of nitro benzene ring substituents is 1. The topological polar surface area (TPSA) is 108 Å². The number of carbonyl (C=O) groups is 2. The first-order valence-corrected chi connectivity index (χ1v) is 9.63. The smallest absolute Gasteiger partial charge is 0.363 e. The average Bonchev–Trinajstić information content (AvgIpc) is 3.15. The predicted octanol–water partition coefficient (Wildman–Crippen LogP) is 4.81. The average molecular weight is 449 g/mol. The SMILES string of the molecule is O=C1OC(c2ccccc2Cl)=N/C1=C\c1ccccc1OC(=O)c1ccc([N+](=O)[O-])cc1. The molecule has 0 fully saturated rings. The van der Waals surface area contributed by atoms with Crippen LogP contribution in [0.3, 0.4) is 0 Å². The molecular weight excluding hydrogens is 436 g/mol. The fourth-order valence-electron chi connectivity index (χ4n) is 2.88. The van der Waals surface area contributed by atoms with E-state index in [2.05, 4.69) is 4.99 Å². The highest BCUT2D eigenvalue weighted by molar-refractivity contribution is 6.34. The number of nitrogens with zero attached hydrogens (tertiary/aromatic N) is 2. The van der Waals surface area contributed by atoms with Gasteiger partial charge in [-0.25, -0.2) is 14.6 Å². The first kappa shape index (κ1) is 21.0. The Labute approximate surface area is 186 Å². The Balaban J connectivity index is 1.60. The zero-order chi connectivity index (χ0) is 22.7. The van der Waals surface area contributed by atoms with Gasteiger partial charge in [-0.15, -0.1) is 0 Å². The Morgan fingerprint density at radius 1 is 1.03 bits per heavy atom. The number of cyclic esters (lactones) is 1. The molecule has 1 aliphatic heterocycles. The molecule has 0 radical (unpaired) electrons. The van der Waals surface area contributed by atoms with Crippen molar-refractivity contribution in [1.29, 1.82) is 0 Å². The fraction of sp³-hybridized carbons (Fsp3) is 0. The number of hydrogen-bond acceptors (Lipinski definition) is 7. The van der Waals surface area contributed by atoms with E-state index >= 15 is 0 Å². The largest absolute Gasteiger partial charge is 0.422 e. The third kappa shape index (κ3) is 4.40. The minimum Gasteiger partial charge on any atom is -0.422 e. The lowest BCUT2D eigenvalue weighted by atomic mass is 10.1. The van der Waals surface area contributed by atoms with Gasteiger partial charge in [0.1, 0.15) is 5.75 Å². The summed E-state index contributed by atoms with van der Waals surface area (Å²) in [5, 5.41) is 11.2. The van der Waals surface area contributed by atoms with Crippen molar-refractivity contribution < 1.29 is 24.0 Å². The van der Waals surface area contributed by atoms with E-state index in [9.17, 15) is 19.7 Å². The van der Waals surface area contributed by atoms with E-state index in [1.54, 1.807) is 48.5 Å². The molecule has 0 bridgehead atoms. The maximum absolute atomic E-state index is 12.5. The highest BCUT2D eigenvalue weighted by Gasteiger charge is 2.26. The number of carbonyl (C=O) groups excluding carboxylic acids is 2. The van der Waals surface area contributed by atoms with Crippen LogP contribution in [-0.2, 0) is 9.53 Å². The molecule has 3 aromatic carbocycles. The number of aliphatic imine (C=N–C) groups is 1. The van der Waals surface area contributed by atoms with Gasteiger partial charge < -0.3 is 9.47 Å². The van der Waals surface area contributed by atoms with Crippen LogP contribution in [-0.4, -0.2) is 22.8 Å². The lowest BCUT2D eigenvalue weighted by Crippen LogP contribution is -2.09. The van der Waals surface area contributed by atoms with Crippen molar-refractivity contribution in [1.82, 2.24) is 0 Å². The van der Waals surface area contributed by atoms with Crippen LogP contribution in [0.4, 0.5) is 5.69 Å². The standard InChI is InChI=1S/C23H13ClN2O6/c24-18-7-3-2-6-17(18)21-25-19(23(28)32-21)13-15-5-1-4-8-20(15)31-22(27)14-9-11-16(12-10-14)26(29)30/h1-13H/b19-13-. The second-order valence-electron chi connectivity index (χ2n) is 6.55. The first-order chi connectivity index (χ1) is 15.4. The van der Waals surface area contributed by atoms with Gasteiger partial charge in [-0.2, -0.15) is 0 Å². The Hall–Kier alpha value is -4.30. The van der Waals surface area contributed by atoms with Gasteiger partial charge in [0.25, 0.3) is 5.69 Å². The van der Waals surface area contributed by atoms with Crippen LogP contribution in [0.2, 0.25) is 5.02 Å². The summed E-state index contributed by atoms with van der Waals surface area (Å²) in [4.78, 5) is 39.2. The summed E-state index contributed by atoms with van der Waals surface area (Å²) in [6, 6.07) is 18.4. The highest BCUT2D eigenvalue weighted by Crippen LogP contribution is 2.27. The summed E-state index contributed by atoms with van der Waals surface area (Å²) < 4.78 is 10.7. The first-order valence-electron chi connectivity index (χ1n) is 9.25. The third-order valence-electron chi connectivity index (χ3n) is 4.45. The summed E-state index contributed by atoms with van der Waals surface area (Å²) in [5.41, 5.74) is 0.900. The molecule has 158 valence electrons. The van der Waals surface area contributed by atoms with Crippen molar-refractivity contribution in [3.8, 4) is 5.75 Å². The van der Waals surface area contributed by atoms with E-state index in [-0.39, 0.29) is 28.6 Å². The molecule has 0 aromatic heterocycles. The number of esters is 2. The van der Waals surface area contributed by atoms with Gasteiger partial charge in [0.05, 0.1) is 21.1 Å². The van der Waals surface area contributed by atoms with Crippen LogP contribution in [0, 0.1) is 10.1 Å².